The number of sulfone groups is 1. The summed E-state index contributed by atoms with van der Waals surface area (Å²) in [5.41, 5.74) is 1.87. The van der Waals surface area contributed by atoms with E-state index in [1.54, 1.807) is 0 Å². The average Bonchev–Trinajstić information content (AvgIpc) is 3.00. The van der Waals surface area contributed by atoms with Crippen LogP contribution >= 0.6 is 0 Å². The highest BCUT2D eigenvalue weighted by Gasteiger charge is 2.48. The number of aryl methyl sites for hydroxylation is 1. The molecule has 0 spiro atoms. The molecule has 116 valence electrons. The minimum Gasteiger partial charge on any atom is -0.315 e. The van der Waals surface area contributed by atoms with E-state index in [0.717, 1.165) is 11.1 Å². The summed E-state index contributed by atoms with van der Waals surface area (Å²) in [6.45, 7) is 2.99. The summed E-state index contributed by atoms with van der Waals surface area (Å²) < 4.78 is 38.5. The minimum atomic E-state index is -3.61. The van der Waals surface area contributed by atoms with Crippen LogP contribution in [0.4, 0.5) is 4.39 Å². The Morgan fingerprint density at radius 2 is 1.68 bits per heavy atom. The third-order valence-corrected chi connectivity index (χ3v) is 6.84. The predicted molar refractivity (Wildman–Crippen MR) is 83.9 cm³/mol. The fraction of sp³-hybridized carbons (Fsp3) is 0.294. The maximum absolute atomic E-state index is 13.2. The van der Waals surface area contributed by atoms with Crippen LogP contribution in [0.1, 0.15) is 17.5 Å². The third-order valence-electron chi connectivity index (χ3n) is 4.33. The molecule has 0 bridgehead atoms. The van der Waals surface area contributed by atoms with Crippen LogP contribution in [0, 0.1) is 12.7 Å². The largest absolute Gasteiger partial charge is 0.315 e. The van der Waals surface area contributed by atoms with Gasteiger partial charge < -0.3 is 5.32 Å². The number of hydrogen-bond acceptors (Lipinski definition) is 3. The molecular formula is C17H18FNO2S. The molecule has 1 heterocycles. The molecule has 0 aliphatic carbocycles. The van der Waals surface area contributed by atoms with Crippen LogP contribution < -0.4 is 5.32 Å². The standard InChI is InChI=1S/C17H18FNO2S/c1-13-2-4-14(5-3-13)17(10-11-19-12-17)22(20,21)16-8-6-15(18)7-9-16/h2-9,19H,10-12H2,1H3. The molecule has 3 rings (SSSR count). The molecule has 1 fully saturated rings. The summed E-state index contributed by atoms with van der Waals surface area (Å²) in [5.74, 6) is -0.437. The first-order valence-corrected chi connectivity index (χ1v) is 8.72. The van der Waals surface area contributed by atoms with Crippen molar-refractivity contribution in [3.8, 4) is 0 Å². The van der Waals surface area contributed by atoms with Crippen LogP contribution in [0.25, 0.3) is 0 Å². The van der Waals surface area contributed by atoms with Crippen molar-refractivity contribution in [2.24, 2.45) is 0 Å². The van der Waals surface area contributed by atoms with Gasteiger partial charge in [-0.25, -0.2) is 12.8 Å². The molecule has 0 amide bonds. The highest BCUT2D eigenvalue weighted by atomic mass is 32.2. The lowest BCUT2D eigenvalue weighted by atomic mass is 9.96. The number of hydrogen-bond donors (Lipinski definition) is 1. The number of nitrogens with one attached hydrogen (secondary N) is 1. The van der Waals surface area contributed by atoms with Crippen molar-refractivity contribution < 1.29 is 12.8 Å². The van der Waals surface area contributed by atoms with Crippen LogP contribution in [0.5, 0.6) is 0 Å². The molecule has 3 nitrogen and oxygen atoms in total. The SMILES string of the molecule is Cc1ccc(C2(S(=O)(=O)c3ccc(F)cc3)CCNC2)cc1. The molecule has 0 aromatic heterocycles. The second-order valence-electron chi connectivity index (χ2n) is 5.74. The molecule has 1 unspecified atom stereocenters. The smallest absolute Gasteiger partial charge is 0.189 e. The first-order valence-electron chi connectivity index (χ1n) is 7.24. The zero-order valence-corrected chi connectivity index (χ0v) is 13.2. The molecule has 2 aromatic rings. The van der Waals surface area contributed by atoms with E-state index in [1.165, 1.54) is 24.3 Å². The van der Waals surface area contributed by atoms with Crippen LogP contribution in [0.2, 0.25) is 0 Å². The Hall–Kier alpha value is -1.72. The molecule has 1 aliphatic heterocycles. The van der Waals surface area contributed by atoms with Crippen molar-refractivity contribution in [1.29, 1.82) is 0 Å². The number of rotatable bonds is 3. The van der Waals surface area contributed by atoms with E-state index in [4.69, 9.17) is 0 Å². The van der Waals surface area contributed by atoms with Gasteiger partial charge in [0.15, 0.2) is 9.84 Å². The molecule has 1 atom stereocenters. The molecule has 2 aromatic carbocycles. The minimum absolute atomic E-state index is 0.165. The van der Waals surface area contributed by atoms with Gasteiger partial charge in [0.1, 0.15) is 10.6 Å². The Bertz CT molecular complexity index is 761. The van der Waals surface area contributed by atoms with E-state index in [1.807, 2.05) is 31.2 Å². The fourth-order valence-electron chi connectivity index (χ4n) is 3.00. The van der Waals surface area contributed by atoms with Crippen LogP contribution in [-0.2, 0) is 14.6 Å². The van der Waals surface area contributed by atoms with Crippen molar-refractivity contribution in [2.75, 3.05) is 13.1 Å². The van der Waals surface area contributed by atoms with Crippen molar-refractivity contribution in [3.05, 3.63) is 65.5 Å². The van der Waals surface area contributed by atoms with Crippen LogP contribution in [0.3, 0.4) is 0 Å². The van der Waals surface area contributed by atoms with Gasteiger partial charge in [0.25, 0.3) is 0 Å². The summed E-state index contributed by atoms with van der Waals surface area (Å²) in [7, 11) is -3.61. The Balaban J connectivity index is 2.14. The predicted octanol–water partition coefficient (Wildman–Crippen LogP) is 2.80. The zero-order chi connectivity index (χ0) is 15.8. The van der Waals surface area contributed by atoms with Crippen molar-refractivity contribution in [1.82, 2.24) is 5.32 Å². The maximum Gasteiger partial charge on any atom is 0.189 e. The zero-order valence-electron chi connectivity index (χ0n) is 12.3. The molecule has 0 radical (unpaired) electrons. The summed E-state index contributed by atoms with van der Waals surface area (Å²) in [5, 5.41) is 3.16. The van der Waals surface area contributed by atoms with E-state index >= 15 is 0 Å². The summed E-state index contributed by atoms with van der Waals surface area (Å²) in [4.78, 5) is 0.165. The van der Waals surface area contributed by atoms with Crippen molar-refractivity contribution >= 4 is 9.84 Å². The first-order chi connectivity index (χ1) is 10.5. The molecule has 1 saturated heterocycles. The monoisotopic (exact) mass is 319 g/mol. The second-order valence-corrected chi connectivity index (χ2v) is 8.00. The van der Waals surface area contributed by atoms with Gasteiger partial charge in [-0.15, -0.1) is 0 Å². The highest BCUT2D eigenvalue weighted by molar-refractivity contribution is 7.92. The van der Waals surface area contributed by atoms with Gasteiger partial charge in [-0.2, -0.15) is 0 Å². The van der Waals surface area contributed by atoms with Crippen LogP contribution in [0.15, 0.2) is 53.4 Å². The Kier molecular flexibility index (Phi) is 3.78. The van der Waals surface area contributed by atoms with Gasteiger partial charge in [-0.05, 0) is 49.7 Å². The lowest BCUT2D eigenvalue weighted by Crippen LogP contribution is -2.38. The van der Waals surface area contributed by atoms with Crippen LogP contribution in [-0.4, -0.2) is 21.5 Å². The van der Waals surface area contributed by atoms with E-state index in [2.05, 4.69) is 5.32 Å². The lowest BCUT2D eigenvalue weighted by molar-refractivity contribution is 0.536. The fourth-order valence-corrected chi connectivity index (χ4v) is 5.05. The van der Waals surface area contributed by atoms with E-state index in [0.29, 0.717) is 19.5 Å². The Labute approximate surface area is 130 Å². The normalized spacial score (nSPS) is 21.9. The van der Waals surface area contributed by atoms with E-state index < -0.39 is 20.4 Å². The molecule has 5 heteroatoms. The van der Waals surface area contributed by atoms with Gasteiger partial charge in [0.05, 0.1) is 4.90 Å². The summed E-state index contributed by atoms with van der Waals surface area (Å²) in [6, 6.07) is 12.7. The molecule has 1 aliphatic rings. The molecule has 1 N–H and O–H groups in total. The van der Waals surface area contributed by atoms with E-state index in [-0.39, 0.29) is 4.90 Å². The first kappa shape index (κ1) is 15.2. The highest BCUT2D eigenvalue weighted by Crippen LogP contribution is 2.40. The molecule has 0 saturated carbocycles. The quantitative estimate of drug-likeness (QED) is 0.885. The van der Waals surface area contributed by atoms with Crippen molar-refractivity contribution in [3.63, 3.8) is 0 Å². The van der Waals surface area contributed by atoms with Crippen molar-refractivity contribution in [2.45, 2.75) is 23.0 Å². The van der Waals surface area contributed by atoms with Gasteiger partial charge in [0, 0.05) is 6.54 Å². The number of benzene rings is 2. The average molecular weight is 319 g/mol. The van der Waals surface area contributed by atoms with Gasteiger partial charge in [0.2, 0.25) is 0 Å². The molecular weight excluding hydrogens is 301 g/mol. The van der Waals surface area contributed by atoms with Gasteiger partial charge in [-0.1, -0.05) is 29.8 Å². The third kappa shape index (κ3) is 2.34. The topological polar surface area (TPSA) is 46.2 Å². The summed E-state index contributed by atoms with van der Waals surface area (Å²) >= 11 is 0. The maximum atomic E-state index is 13.2. The van der Waals surface area contributed by atoms with Gasteiger partial charge in [-0.3, -0.25) is 0 Å². The lowest BCUT2D eigenvalue weighted by Gasteiger charge is -2.29. The van der Waals surface area contributed by atoms with E-state index in [9.17, 15) is 12.8 Å². The Morgan fingerprint density at radius 1 is 1.05 bits per heavy atom. The molecule has 22 heavy (non-hydrogen) atoms. The Morgan fingerprint density at radius 3 is 2.23 bits per heavy atom. The van der Waals surface area contributed by atoms with Gasteiger partial charge >= 0.3 is 0 Å². The number of halogens is 1. The second kappa shape index (κ2) is 5.48. The summed E-state index contributed by atoms with van der Waals surface area (Å²) in [6.07, 6.45) is 0.510.